The second-order valence-electron chi connectivity index (χ2n) is 10.1. The number of amides is 1. The highest BCUT2D eigenvalue weighted by Gasteiger charge is 2.48. The number of aliphatic hydroxyl groups is 1. The van der Waals surface area contributed by atoms with E-state index in [0.29, 0.717) is 21.6 Å². The van der Waals surface area contributed by atoms with Gasteiger partial charge in [-0.15, -0.1) is 0 Å². The fourth-order valence-corrected chi connectivity index (χ4v) is 5.60. The van der Waals surface area contributed by atoms with Crippen LogP contribution in [-0.4, -0.2) is 59.4 Å². The van der Waals surface area contributed by atoms with Gasteiger partial charge in [-0.1, -0.05) is 54.8 Å². The Morgan fingerprint density at radius 1 is 1.18 bits per heavy atom. The van der Waals surface area contributed by atoms with E-state index in [4.69, 9.17) is 9.26 Å². The summed E-state index contributed by atoms with van der Waals surface area (Å²) in [6.07, 6.45) is 6.55. The molecule has 1 amide bonds. The first-order valence-corrected chi connectivity index (χ1v) is 12.3. The topological polar surface area (TPSA) is 102 Å². The number of anilines is 1. The molecule has 184 valence electrons. The molecule has 0 spiro atoms. The van der Waals surface area contributed by atoms with Crippen LogP contribution in [0, 0.1) is 12.8 Å². The fourth-order valence-electron chi connectivity index (χ4n) is 5.60. The fraction of sp³-hybridized carbons (Fsp3) is 0.577. The van der Waals surface area contributed by atoms with Crippen molar-refractivity contribution >= 4 is 17.7 Å². The molecule has 2 aliphatic rings. The molecular weight excluding hydrogens is 434 g/mol. The van der Waals surface area contributed by atoms with Gasteiger partial charge in [-0.3, -0.25) is 4.79 Å². The van der Waals surface area contributed by atoms with Crippen LogP contribution in [0.25, 0.3) is 0 Å². The zero-order valence-electron chi connectivity index (χ0n) is 20.2. The first-order chi connectivity index (χ1) is 16.3. The second-order valence-corrected chi connectivity index (χ2v) is 10.1. The third kappa shape index (κ3) is 5.18. The third-order valence-corrected chi connectivity index (χ3v) is 7.62. The number of aromatic nitrogens is 1. The maximum Gasteiger partial charge on any atom is 0.343 e. The first kappa shape index (κ1) is 24.4. The molecule has 2 N–H and O–H groups in total. The van der Waals surface area contributed by atoms with E-state index in [9.17, 15) is 14.7 Å². The van der Waals surface area contributed by atoms with E-state index in [1.165, 1.54) is 0 Å². The number of ether oxygens (including phenoxy) is 1. The lowest BCUT2D eigenvalue weighted by atomic mass is 9.73. The van der Waals surface area contributed by atoms with Gasteiger partial charge in [-0.2, -0.15) is 0 Å². The van der Waals surface area contributed by atoms with Gasteiger partial charge in [0.1, 0.15) is 18.4 Å². The largest absolute Gasteiger partial charge is 0.457 e. The molecule has 1 aliphatic heterocycles. The van der Waals surface area contributed by atoms with Crippen molar-refractivity contribution in [3.8, 4) is 0 Å². The lowest BCUT2D eigenvalue weighted by Crippen LogP contribution is -2.54. The quantitative estimate of drug-likeness (QED) is 0.452. The van der Waals surface area contributed by atoms with Crippen molar-refractivity contribution < 1.29 is 28.4 Å². The molecule has 8 heteroatoms. The molecule has 1 aromatic heterocycles. The molecular formula is C26H36N3O5+. The van der Waals surface area contributed by atoms with Crippen molar-refractivity contribution in [2.24, 2.45) is 5.92 Å². The van der Waals surface area contributed by atoms with Crippen molar-refractivity contribution in [1.29, 1.82) is 0 Å². The molecule has 34 heavy (non-hydrogen) atoms. The lowest BCUT2D eigenvalue weighted by Gasteiger charge is -2.38. The van der Waals surface area contributed by atoms with Crippen LogP contribution in [0.15, 0.2) is 40.9 Å². The van der Waals surface area contributed by atoms with Crippen molar-refractivity contribution in [2.75, 3.05) is 32.1 Å². The second kappa shape index (κ2) is 10.3. The Kier molecular flexibility index (Phi) is 7.38. The SMILES string of the molecule is Cc1cc(NC(=O)C[N@@+]2(C)CCCC2COC(=O)C(O)(c2ccccc2)C2CCCCC2)no1. The summed E-state index contributed by atoms with van der Waals surface area (Å²) in [6.45, 7) is 3.01. The molecule has 2 heterocycles. The number of rotatable bonds is 8. The van der Waals surface area contributed by atoms with E-state index in [-0.39, 0.29) is 31.0 Å². The predicted octanol–water partition coefficient (Wildman–Crippen LogP) is 3.54. The Hall–Kier alpha value is -2.71. The van der Waals surface area contributed by atoms with Crippen molar-refractivity contribution in [1.82, 2.24) is 5.16 Å². The molecule has 3 atom stereocenters. The number of aryl methyl sites for hydroxylation is 1. The Labute approximate surface area is 200 Å². The molecule has 1 saturated carbocycles. The highest BCUT2D eigenvalue weighted by atomic mass is 16.6. The molecule has 1 aliphatic carbocycles. The van der Waals surface area contributed by atoms with E-state index >= 15 is 0 Å². The summed E-state index contributed by atoms with van der Waals surface area (Å²) in [5, 5.41) is 18.3. The van der Waals surface area contributed by atoms with E-state index in [1.54, 1.807) is 13.0 Å². The number of hydrogen-bond acceptors (Lipinski definition) is 6. The van der Waals surface area contributed by atoms with Gasteiger partial charge in [-0.25, -0.2) is 4.79 Å². The number of nitrogens with zero attached hydrogens (tertiary/aromatic N) is 2. The lowest BCUT2D eigenvalue weighted by molar-refractivity contribution is -0.913. The number of nitrogens with one attached hydrogen (secondary N) is 1. The van der Waals surface area contributed by atoms with Crippen LogP contribution in [0.5, 0.6) is 0 Å². The highest BCUT2D eigenvalue weighted by molar-refractivity contribution is 5.90. The van der Waals surface area contributed by atoms with Gasteiger partial charge in [0.15, 0.2) is 18.0 Å². The van der Waals surface area contributed by atoms with Crippen LogP contribution in [0.2, 0.25) is 0 Å². The summed E-state index contributed by atoms with van der Waals surface area (Å²) in [6, 6.07) is 10.8. The average Bonchev–Trinajstić information content (AvgIpc) is 3.42. The predicted molar refractivity (Wildman–Crippen MR) is 127 cm³/mol. The van der Waals surface area contributed by atoms with Gasteiger partial charge in [0, 0.05) is 24.8 Å². The number of quaternary nitrogens is 1. The highest BCUT2D eigenvalue weighted by Crippen LogP contribution is 2.40. The van der Waals surface area contributed by atoms with Gasteiger partial charge >= 0.3 is 5.97 Å². The standard InChI is InChI=1S/C26H35N3O5/c1-19-16-23(28-34-19)27-24(30)17-29(2)15-9-14-22(29)18-33-25(31)26(32,20-10-5-3-6-11-20)21-12-7-4-8-13-21/h3,5-6,10-11,16,21-22,32H,4,7-9,12-15,17-18H2,1-2H3/p+1/t22?,26?,29-/m1/s1. The molecule has 0 radical (unpaired) electrons. The smallest absolute Gasteiger partial charge is 0.343 e. The zero-order chi connectivity index (χ0) is 24.2. The van der Waals surface area contributed by atoms with Crippen LogP contribution < -0.4 is 5.32 Å². The Bertz CT molecular complexity index is 987. The van der Waals surface area contributed by atoms with E-state index < -0.39 is 11.6 Å². The molecule has 1 aromatic carbocycles. The van der Waals surface area contributed by atoms with Crippen molar-refractivity contribution in [3.63, 3.8) is 0 Å². The van der Waals surface area contributed by atoms with Crippen LogP contribution in [0.4, 0.5) is 5.82 Å². The maximum absolute atomic E-state index is 13.4. The maximum atomic E-state index is 13.4. The number of likely N-dealkylation sites (tertiary alicyclic amines) is 1. The monoisotopic (exact) mass is 470 g/mol. The van der Waals surface area contributed by atoms with Crippen LogP contribution >= 0.6 is 0 Å². The molecule has 2 aromatic rings. The summed E-state index contributed by atoms with van der Waals surface area (Å²) in [5.74, 6) is 0.142. The molecule has 8 nitrogen and oxygen atoms in total. The van der Waals surface area contributed by atoms with E-state index in [0.717, 1.165) is 51.5 Å². The van der Waals surface area contributed by atoms with Gasteiger partial charge in [0.2, 0.25) is 0 Å². The minimum Gasteiger partial charge on any atom is -0.457 e. The molecule has 4 rings (SSSR count). The number of carbonyl (C=O) groups excluding carboxylic acids is 2. The average molecular weight is 471 g/mol. The summed E-state index contributed by atoms with van der Waals surface area (Å²) in [5.41, 5.74) is -1.05. The van der Waals surface area contributed by atoms with Crippen LogP contribution in [-0.2, 0) is 19.9 Å². The van der Waals surface area contributed by atoms with Gasteiger partial charge in [-0.05, 0) is 25.3 Å². The third-order valence-electron chi connectivity index (χ3n) is 7.62. The van der Waals surface area contributed by atoms with Crippen molar-refractivity contribution in [3.05, 3.63) is 47.7 Å². The Balaban J connectivity index is 1.42. The number of carbonyl (C=O) groups is 2. The number of hydrogen-bond donors (Lipinski definition) is 2. The summed E-state index contributed by atoms with van der Waals surface area (Å²) in [4.78, 5) is 26.1. The molecule has 2 fully saturated rings. The van der Waals surface area contributed by atoms with Gasteiger partial charge in [0.05, 0.1) is 13.6 Å². The van der Waals surface area contributed by atoms with Crippen LogP contribution in [0.1, 0.15) is 56.3 Å². The molecule has 0 bridgehead atoms. The van der Waals surface area contributed by atoms with Crippen molar-refractivity contribution in [2.45, 2.75) is 63.5 Å². The summed E-state index contributed by atoms with van der Waals surface area (Å²) >= 11 is 0. The normalized spacial score (nSPS) is 25.0. The van der Waals surface area contributed by atoms with Gasteiger partial charge in [0.25, 0.3) is 5.91 Å². The van der Waals surface area contributed by atoms with Crippen LogP contribution in [0.3, 0.4) is 0 Å². The van der Waals surface area contributed by atoms with Gasteiger partial charge < -0.3 is 24.2 Å². The first-order valence-electron chi connectivity index (χ1n) is 12.3. The minimum atomic E-state index is -1.65. The summed E-state index contributed by atoms with van der Waals surface area (Å²) in [7, 11) is 2.02. The minimum absolute atomic E-state index is 0.0138. The Morgan fingerprint density at radius 2 is 1.91 bits per heavy atom. The summed E-state index contributed by atoms with van der Waals surface area (Å²) < 4.78 is 11.3. The number of esters is 1. The number of likely N-dealkylation sites (N-methyl/N-ethyl adjacent to an activating group) is 1. The molecule has 1 saturated heterocycles. The molecule has 2 unspecified atom stereocenters. The number of benzene rings is 1. The Morgan fingerprint density at radius 3 is 2.59 bits per heavy atom. The van der Waals surface area contributed by atoms with E-state index in [2.05, 4.69) is 10.5 Å². The zero-order valence-corrected chi connectivity index (χ0v) is 20.2. The van der Waals surface area contributed by atoms with E-state index in [1.807, 2.05) is 37.4 Å².